The minimum absolute atomic E-state index is 0.0330. The summed E-state index contributed by atoms with van der Waals surface area (Å²) in [5, 5.41) is -0.0330. The van der Waals surface area contributed by atoms with Gasteiger partial charge < -0.3 is 4.74 Å². The molecule has 0 unspecified atom stereocenters. The topological polar surface area (TPSA) is 26.3 Å². The van der Waals surface area contributed by atoms with E-state index >= 15 is 0 Å². The van der Waals surface area contributed by atoms with Crippen molar-refractivity contribution in [2.75, 3.05) is 6.61 Å². The van der Waals surface area contributed by atoms with Crippen LogP contribution >= 0.6 is 11.6 Å². The number of carbonyl (C=O) groups is 1. The molecular weight excluding hydrogens is 416 g/mol. The second kappa shape index (κ2) is 26.7. The molecule has 2 nitrogen and oxygen atoms in total. The zero-order chi connectivity index (χ0) is 23.5. The molecule has 0 heterocycles. The normalized spacial score (nSPS) is 11.1. The van der Waals surface area contributed by atoms with Gasteiger partial charge >= 0.3 is 5.97 Å². The fraction of sp³-hybridized carbons (Fsp3) is 0.897. The van der Waals surface area contributed by atoms with E-state index in [1.165, 1.54) is 141 Å². The number of halogens is 1. The summed E-state index contributed by atoms with van der Waals surface area (Å²) >= 11 is 5.47. The average Bonchev–Trinajstić information content (AvgIpc) is 2.78. The van der Waals surface area contributed by atoms with E-state index in [2.05, 4.69) is 13.5 Å². The van der Waals surface area contributed by atoms with Gasteiger partial charge in [0, 0.05) is 0 Å². The van der Waals surface area contributed by atoms with Crippen LogP contribution in [0, 0.1) is 0 Å². The minimum Gasteiger partial charge on any atom is -0.461 e. The van der Waals surface area contributed by atoms with E-state index in [-0.39, 0.29) is 5.03 Å². The van der Waals surface area contributed by atoms with Gasteiger partial charge in [-0.1, -0.05) is 173 Å². The molecule has 190 valence electrons. The van der Waals surface area contributed by atoms with Crippen LogP contribution < -0.4 is 0 Å². The Hall–Kier alpha value is -0.500. The van der Waals surface area contributed by atoms with Crippen molar-refractivity contribution in [3.8, 4) is 0 Å². The van der Waals surface area contributed by atoms with Crippen LogP contribution in [0.5, 0.6) is 0 Å². The number of ether oxygens (including phenoxy) is 1. The van der Waals surface area contributed by atoms with E-state index in [0.29, 0.717) is 6.61 Å². The lowest BCUT2D eigenvalue weighted by Gasteiger charge is -2.05. The lowest BCUT2D eigenvalue weighted by Crippen LogP contribution is -2.04. The van der Waals surface area contributed by atoms with E-state index in [4.69, 9.17) is 16.3 Å². The highest BCUT2D eigenvalue weighted by atomic mass is 35.5. The summed E-state index contributed by atoms with van der Waals surface area (Å²) in [6.45, 7) is 6.11. The minimum atomic E-state index is -0.485. The number of esters is 1. The number of rotatable bonds is 26. The Kier molecular flexibility index (Phi) is 26.3. The van der Waals surface area contributed by atoms with Gasteiger partial charge in [0.2, 0.25) is 0 Å². The third-order valence-corrected chi connectivity index (χ3v) is 6.61. The molecule has 32 heavy (non-hydrogen) atoms. The van der Waals surface area contributed by atoms with Crippen LogP contribution in [0.25, 0.3) is 0 Å². The molecule has 3 heteroatoms. The molecule has 0 saturated heterocycles. The van der Waals surface area contributed by atoms with Crippen LogP contribution in [0.4, 0.5) is 0 Å². The fourth-order valence-electron chi connectivity index (χ4n) is 4.31. The van der Waals surface area contributed by atoms with Crippen LogP contribution in [0.2, 0.25) is 0 Å². The Labute approximate surface area is 206 Å². The van der Waals surface area contributed by atoms with Gasteiger partial charge in [0.25, 0.3) is 0 Å². The molecular formula is C29H55ClO2. The third-order valence-electron chi connectivity index (χ3n) is 6.45. The maximum Gasteiger partial charge on any atom is 0.349 e. The van der Waals surface area contributed by atoms with Crippen molar-refractivity contribution < 1.29 is 9.53 Å². The smallest absolute Gasteiger partial charge is 0.349 e. The molecule has 0 aliphatic heterocycles. The van der Waals surface area contributed by atoms with Gasteiger partial charge in [-0.15, -0.1) is 0 Å². The molecule has 0 saturated carbocycles. The second-order valence-corrected chi connectivity index (χ2v) is 10.1. The molecule has 0 amide bonds. The van der Waals surface area contributed by atoms with Crippen molar-refractivity contribution in [3.63, 3.8) is 0 Å². The maximum absolute atomic E-state index is 11.1. The van der Waals surface area contributed by atoms with Crippen molar-refractivity contribution in [3.05, 3.63) is 11.6 Å². The first-order valence-corrected chi connectivity index (χ1v) is 14.6. The van der Waals surface area contributed by atoms with E-state index in [0.717, 1.165) is 12.8 Å². The third kappa shape index (κ3) is 25.8. The van der Waals surface area contributed by atoms with E-state index < -0.39 is 5.97 Å². The van der Waals surface area contributed by atoms with E-state index in [1.807, 2.05) is 0 Å². The Morgan fingerprint density at radius 2 is 0.781 bits per heavy atom. The van der Waals surface area contributed by atoms with E-state index in [9.17, 15) is 4.79 Å². The monoisotopic (exact) mass is 470 g/mol. The fourth-order valence-corrected chi connectivity index (χ4v) is 4.36. The molecule has 0 atom stereocenters. The first-order valence-electron chi connectivity index (χ1n) is 14.2. The molecule has 0 aromatic rings. The van der Waals surface area contributed by atoms with Crippen molar-refractivity contribution in [2.45, 2.75) is 161 Å². The predicted molar refractivity (Wildman–Crippen MR) is 142 cm³/mol. The molecule has 0 radical (unpaired) electrons. The van der Waals surface area contributed by atoms with Gasteiger partial charge in [-0.3, -0.25) is 0 Å². The average molecular weight is 471 g/mol. The van der Waals surface area contributed by atoms with Crippen LogP contribution in [-0.4, -0.2) is 12.6 Å². The van der Waals surface area contributed by atoms with Crippen LogP contribution in [0.15, 0.2) is 11.6 Å². The summed E-state index contributed by atoms with van der Waals surface area (Å²) in [6, 6.07) is 0. The van der Waals surface area contributed by atoms with Crippen molar-refractivity contribution in [1.82, 2.24) is 0 Å². The highest BCUT2D eigenvalue weighted by molar-refractivity contribution is 6.40. The Morgan fingerprint density at radius 3 is 1.03 bits per heavy atom. The van der Waals surface area contributed by atoms with Gasteiger partial charge in [-0.25, -0.2) is 4.79 Å². The van der Waals surface area contributed by atoms with Crippen molar-refractivity contribution >= 4 is 17.6 Å². The molecule has 0 aromatic heterocycles. The number of unbranched alkanes of at least 4 members (excludes halogenated alkanes) is 23. The SMILES string of the molecule is C=C(Cl)C(=O)OCCCCCCCCCCCCCCCCCCCCCCCCCC. The highest BCUT2D eigenvalue weighted by Crippen LogP contribution is 2.15. The van der Waals surface area contributed by atoms with Crippen LogP contribution in [0.1, 0.15) is 161 Å². The summed E-state index contributed by atoms with van der Waals surface area (Å²) in [4.78, 5) is 11.1. The zero-order valence-corrected chi connectivity index (χ0v) is 22.3. The summed E-state index contributed by atoms with van der Waals surface area (Å²) < 4.78 is 4.98. The predicted octanol–water partition coefficient (Wildman–Crippen LogP) is 10.7. The Balaban J connectivity index is 3.05. The Bertz CT molecular complexity index is 408. The quantitative estimate of drug-likeness (QED) is 0.0713. The van der Waals surface area contributed by atoms with Gasteiger partial charge in [0.05, 0.1) is 6.61 Å². The van der Waals surface area contributed by atoms with Crippen LogP contribution in [0.3, 0.4) is 0 Å². The molecule has 0 aliphatic rings. The summed E-state index contributed by atoms with van der Waals surface area (Å²) in [7, 11) is 0. The largest absolute Gasteiger partial charge is 0.461 e. The standard InChI is InChI=1S/C29H55ClO2/c1-3-4-5-6-7-8-9-10-11-12-13-14-15-16-17-18-19-20-21-22-23-24-25-26-27-32-29(31)28(2)30/h2-27H2,1H3. The lowest BCUT2D eigenvalue weighted by molar-refractivity contribution is -0.138. The summed E-state index contributed by atoms with van der Waals surface area (Å²) in [5.41, 5.74) is 0. The van der Waals surface area contributed by atoms with Gasteiger partial charge in [0.1, 0.15) is 5.03 Å². The van der Waals surface area contributed by atoms with Crippen LogP contribution in [-0.2, 0) is 9.53 Å². The summed E-state index contributed by atoms with van der Waals surface area (Å²) in [6.07, 6.45) is 33.3. The zero-order valence-electron chi connectivity index (χ0n) is 21.6. The Morgan fingerprint density at radius 1 is 0.531 bits per heavy atom. The van der Waals surface area contributed by atoms with E-state index in [1.54, 1.807) is 0 Å². The number of carbonyl (C=O) groups excluding carboxylic acids is 1. The number of hydrogen-bond donors (Lipinski definition) is 0. The molecule has 0 N–H and O–H groups in total. The molecule has 0 aromatic carbocycles. The maximum atomic E-state index is 11.1. The van der Waals surface area contributed by atoms with Crippen molar-refractivity contribution in [2.24, 2.45) is 0 Å². The second-order valence-electron chi connectivity index (χ2n) is 9.67. The molecule has 0 aliphatic carbocycles. The molecule has 0 fully saturated rings. The molecule has 0 rings (SSSR count). The highest BCUT2D eigenvalue weighted by Gasteiger charge is 2.03. The van der Waals surface area contributed by atoms with Gasteiger partial charge in [0.15, 0.2) is 0 Å². The summed E-state index contributed by atoms with van der Waals surface area (Å²) in [5.74, 6) is -0.485. The molecule has 0 spiro atoms. The first kappa shape index (κ1) is 31.5. The van der Waals surface area contributed by atoms with Gasteiger partial charge in [-0.05, 0) is 6.42 Å². The molecule has 0 bridgehead atoms. The van der Waals surface area contributed by atoms with Gasteiger partial charge in [-0.2, -0.15) is 0 Å². The number of hydrogen-bond acceptors (Lipinski definition) is 2. The van der Waals surface area contributed by atoms with Crippen molar-refractivity contribution in [1.29, 1.82) is 0 Å². The first-order chi connectivity index (χ1) is 15.7. The lowest BCUT2D eigenvalue weighted by atomic mass is 10.0.